The summed E-state index contributed by atoms with van der Waals surface area (Å²) in [5.41, 5.74) is 0.993. The summed E-state index contributed by atoms with van der Waals surface area (Å²) in [4.78, 5) is 15.2. The number of nitrogens with zero attached hydrogens (tertiary/aromatic N) is 1. The molecule has 0 radical (unpaired) electrons. The molecule has 0 fully saturated rings. The largest absolute Gasteiger partial charge is 0.465 e. The number of hydrogen-bond donors (Lipinski definition) is 0. The van der Waals surface area contributed by atoms with Gasteiger partial charge in [0.1, 0.15) is 5.76 Å². The number of hydrogen-bond acceptors (Lipinski definition) is 3. The smallest absolute Gasteiger partial charge is 0.251 e. The molecule has 2 heterocycles. The molecule has 0 unspecified atom stereocenters. The average molecular weight is 271 g/mol. The van der Waals surface area contributed by atoms with Crippen molar-refractivity contribution < 1.29 is 9.21 Å². The molecule has 1 aliphatic rings. The second-order valence-electron chi connectivity index (χ2n) is 4.15. The first-order chi connectivity index (χ1) is 9.34. The molecule has 0 saturated heterocycles. The minimum atomic E-state index is -0.0100. The van der Waals surface area contributed by atoms with Crippen LogP contribution in [0.25, 0.3) is 6.08 Å². The Hall–Kier alpha value is -1.94. The van der Waals surface area contributed by atoms with Crippen LogP contribution in [0.4, 0.5) is 5.69 Å². The Morgan fingerprint density at radius 2 is 2.16 bits per heavy atom. The maximum absolute atomic E-state index is 12.2. The van der Waals surface area contributed by atoms with Gasteiger partial charge in [-0.25, -0.2) is 0 Å². The third kappa shape index (κ3) is 2.58. The van der Waals surface area contributed by atoms with E-state index in [0.29, 0.717) is 5.76 Å². The van der Waals surface area contributed by atoms with Gasteiger partial charge < -0.3 is 9.32 Å². The van der Waals surface area contributed by atoms with Crippen molar-refractivity contribution in [3.63, 3.8) is 0 Å². The van der Waals surface area contributed by atoms with Crippen molar-refractivity contribution in [3.8, 4) is 0 Å². The number of anilines is 1. The second kappa shape index (κ2) is 5.36. The van der Waals surface area contributed by atoms with Gasteiger partial charge in [0.2, 0.25) is 0 Å². The van der Waals surface area contributed by atoms with Crippen molar-refractivity contribution in [2.24, 2.45) is 0 Å². The molecule has 0 saturated carbocycles. The summed E-state index contributed by atoms with van der Waals surface area (Å²) in [5, 5.41) is 0. The fourth-order valence-corrected chi connectivity index (χ4v) is 3.02. The van der Waals surface area contributed by atoms with E-state index >= 15 is 0 Å². The molecule has 0 bridgehead atoms. The molecule has 1 aromatic heterocycles. The number of thioether (sulfide) groups is 1. The van der Waals surface area contributed by atoms with Crippen LogP contribution in [0, 0.1) is 0 Å². The van der Waals surface area contributed by atoms with Gasteiger partial charge in [0, 0.05) is 23.3 Å². The van der Waals surface area contributed by atoms with Crippen LogP contribution in [-0.4, -0.2) is 18.2 Å². The lowest BCUT2D eigenvalue weighted by molar-refractivity contribution is -0.114. The summed E-state index contributed by atoms with van der Waals surface area (Å²) in [7, 11) is 0. The highest BCUT2D eigenvalue weighted by atomic mass is 32.2. The van der Waals surface area contributed by atoms with E-state index in [0.717, 1.165) is 22.9 Å². The Morgan fingerprint density at radius 3 is 3.00 bits per heavy atom. The predicted molar refractivity (Wildman–Crippen MR) is 77.3 cm³/mol. The third-order valence-electron chi connectivity index (χ3n) is 2.93. The van der Waals surface area contributed by atoms with Crippen LogP contribution in [0.5, 0.6) is 0 Å². The molecule has 3 rings (SSSR count). The molecule has 1 aliphatic heterocycles. The lowest BCUT2D eigenvalue weighted by Crippen LogP contribution is -2.34. The Morgan fingerprint density at radius 1 is 1.26 bits per heavy atom. The maximum Gasteiger partial charge on any atom is 0.251 e. The van der Waals surface area contributed by atoms with Crippen LogP contribution < -0.4 is 4.90 Å². The van der Waals surface area contributed by atoms with Crippen LogP contribution in [0.3, 0.4) is 0 Å². The number of amides is 1. The molecular formula is C15H13NO2S. The van der Waals surface area contributed by atoms with E-state index in [4.69, 9.17) is 4.42 Å². The molecule has 19 heavy (non-hydrogen) atoms. The maximum atomic E-state index is 12.2. The van der Waals surface area contributed by atoms with Crippen LogP contribution in [0.15, 0.2) is 58.1 Å². The Bertz CT molecular complexity index is 604. The number of fused-ring (bicyclic) bond motifs is 1. The van der Waals surface area contributed by atoms with Crippen molar-refractivity contribution in [2.75, 3.05) is 17.2 Å². The van der Waals surface area contributed by atoms with E-state index in [9.17, 15) is 4.79 Å². The topological polar surface area (TPSA) is 33.5 Å². The van der Waals surface area contributed by atoms with Gasteiger partial charge in [-0.15, -0.1) is 11.8 Å². The highest BCUT2D eigenvalue weighted by molar-refractivity contribution is 7.99. The number of carbonyl (C=O) groups excluding carboxylic acids is 1. The molecule has 1 aromatic carbocycles. The molecule has 0 aliphatic carbocycles. The average Bonchev–Trinajstić information content (AvgIpc) is 2.97. The molecule has 0 atom stereocenters. The van der Waals surface area contributed by atoms with Gasteiger partial charge in [0.25, 0.3) is 5.91 Å². The van der Waals surface area contributed by atoms with E-state index in [1.165, 1.54) is 0 Å². The van der Waals surface area contributed by atoms with Crippen molar-refractivity contribution in [1.29, 1.82) is 0 Å². The Kier molecular flexibility index (Phi) is 3.42. The van der Waals surface area contributed by atoms with Crippen LogP contribution >= 0.6 is 11.8 Å². The monoisotopic (exact) mass is 271 g/mol. The van der Waals surface area contributed by atoms with Gasteiger partial charge in [-0.1, -0.05) is 12.1 Å². The van der Waals surface area contributed by atoms with Gasteiger partial charge in [0.15, 0.2) is 0 Å². The summed E-state index contributed by atoms with van der Waals surface area (Å²) in [5.74, 6) is 1.61. The number of carbonyl (C=O) groups is 1. The minimum Gasteiger partial charge on any atom is -0.465 e. The zero-order chi connectivity index (χ0) is 13.1. The minimum absolute atomic E-state index is 0.0100. The molecule has 2 aromatic rings. The standard InChI is InChI=1S/C15H13NO2S/c17-15(8-7-12-4-3-10-18-12)16-9-11-19-14-6-2-1-5-13(14)16/h1-8,10H,9,11H2/b8-7+. The van der Waals surface area contributed by atoms with Crippen LogP contribution in [-0.2, 0) is 4.79 Å². The first-order valence-electron chi connectivity index (χ1n) is 6.09. The SMILES string of the molecule is O=C(/C=C/c1ccco1)N1CCSc2ccccc21. The quantitative estimate of drug-likeness (QED) is 0.785. The van der Waals surface area contributed by atoms with Crippen molar-refractivity contribution >= 4 is 29.4 Å². The number of furan rings is 1. The van der Waals surface area contributed by atoms with E-state index in [1.54, 1.807) is 36.2 Å². The van der Waals surface area contributed by atoms with Gasteiger partial charge in [0.05, 0.1) is 12.0 Å². The summed E-state index contributed by atoms with van der Waals surface area (Å²) in [6, 6.07) is 11.6. The van der Waals surface area contributed by atoms with E-state index in [-0.39, 0.29) is 5.91 Å². The molecule has 0 spiro atoms. The zero-order valence-electron chi connectivity index (χ0n) is 10.3. The summed E-state index contributed by atoms with van der Waals surface area (Å²) < 4.78 is 5.18. The fourth-order valence-electron chi connectivity index (χ4n) is 2.03. The van der Waals surface area contributed by atoms with E-state index in [1.807, 2.05) is 29.2 Å². The van der Waals surface area contributed by atoms with Crippen LogP contribution in [0.1, 0.15) is 5.76 Å². The summed E-state index contributed by atoms with van der Waals surface area (Å²) in [6.45, 7) is 0.739. The molecule has 1 amide bonds. The van der Waals surface area contributed by atoms with Gasteiger partial charge >= 0.3 is 0 Å². The number of para-hydroxylation sites is 1. The van der Waals surface area contributed by atoms with E-state index in [2.05, 4.69) is 6.07 Å². The predicted octanol–water partition coefficient (Wildman–Crippen LogP) is 3.43. The van der Waals surface area contributed by atoms with E-state index < -0.39 is 0 Å². The second-order valence-corrected chi connectivity index (χ2v) is 5.29. The lowest BCUT2D eigenvalue weighted by atomic mass is 10.2. The first kappa shape index (κ1) is 12.1. The molecule has 4 heteroatoms. The van der Waals surface area contributed by atoms with Crippen LogP contribution in [0.2, 0.25) is 0 Å². The van der Waals surface area contributed by atoms with Crippen molar-refractivity contribution in [2.45, 2.75) is 4.90 Å². The third-order valence-corrected chi connectivity index (χ3v) is 3.97. The normalized spacial score (nSPS) is 14.6. The first-order valence-corrected chi connectivity index (χ1v) is 7.08. The highest BCUT2D eigenvalue weighted by Gasteiger charge is 2.20. The van der Waals surface area contributed by atoms with Gasteiger partial charge in [-0.2, -0.15) is 0 Å². The molecule has 0 N–H and O–H groups in total. The summed E-state index contributed by atoms with van der Waals surface area (Å²) >= 11 is 1.79. The Labute approximate surface area is 115 Å². The number of benzene rings is 1. The van der Waals surface area contributed by atoms with Crippen molar-refractivity contribution in [3.05, 3.63) is 54.5 Å². The molecule has 3 nitrogen and oxygen atoms in total. The number of rotatable bonds is 2. The summed E-state index contributed by atoms with van der Waals surface area (Å²) in [6.07, 6.45) is 4.86. The Balaban J connectivity index is 1.81. The zero-order valence-corrected chi connectivity index (χ0v) is 11.1. The lowest BCUT2D eigenvalue weighted by Gasteiger charge is -2.27. The van der Waals surface area contributed by atoms with Gasteiger partial charge in [-0.3, -0.25) is 4.79 Å². The highest BCUT2D eigenvalue weighted by Crippen LogP contribution is 2.34. The molecule has 96 valence electrons. The molecular weight excluding hydrogens is 258 g/mol. The fraction of sp³-hybridized carbons (Fsp3) is 0.133. The van der Waals surface area contributed by atoms with Gasteiger partial charge in [-0.05, 0) is 30.3 Å². The van der Waals surface area contributed by atoms with Crippen molar-refractivity contribution in [1.82, 2.24) is 0 Å².